The average molecular weight is 553 g/mol. The summed E-state index contributed by atoms with van der Waals surface area (Å²) < 4.78 is 31.3. The van der Waals surface area contributed by atoms with E-state index in [1.54, 1.807) is 24.3 Å². The van der Waals surface area contributed by atoms with Crippen LogP contribution >= 0.6 is 23.1 Å². The van der Waals surface area contributed by atoms with E-state index in [4.69, 9.17) is 11.6 Å². The molecule has 0 radical (unpaired) electrons. The average Bonchev–Trinajstić information content (AvgIpc) is 3.55. The Morgan fingerprint density at radius 2 is 2.03 bits per heavy atom. The zero-order chi connectivity index (χ0) is 25.3. The molecule has 1 fully saturated rings. The van der Waals surface area contributed by atoms with Crippen molar-refractivity contribution in [1.29, 1.82) is 0 Å². The van der Waals surface area contributed by atoms with Gasteiger partial charge < -0.3 is 15.1 Å². The topological polar surface area (TPSA) is 108 Å². The van der Waals surface area contributed by atoms with Crippen LogP contribution in [0.2, 0.25) is 5.02 Å². The van der Waals surface area contributed by atoms with E-state index in [0.29, 0.717) is 6.54 Å². The van der Waals surface area contributed by atoms with Crippen LogP contribution in [0.1, 0.15) is 29.6 Å². The van der Waals surface area contributed by atoms with Crippen LogP contribution < -0.4 is 19.8 Å². The molecule has 196 valence electrons. The van der Waals surface area contributed by atoms with Crippen molar-refractivity contribution in [2.24, 2.45) is 0 Å². The fraction of sp³-hybridized carbons (Fsp3) is 0.375. The third-order valence-corrected chi connectivity index (χ3v) is 8.97. The van der Waals surface area contributed by atoms with Crippen molar-refractivity contribution in [1.82, 2.24) is 14.7 Å². The summed E-state index contributed by atoms with van der Waals surface area (Å²) in [6.07, 6.45) is 4.08. The number of carbonyl (C=O) groups excluding carboxylic acids is 1. The molecule has 1 saturated heterocycles. The smallest absolute Gasteiger partial charge is 0.263 e. The SMILES string of the molecule is C[C@@H](C(=O)N[C@@H]1CCN(c2ccc(S(=O)(=O)Nc3ncns3)cc2)C1)N1CCCc2cc(Cl)ccc21.[HH].[HH].[HH]. The standard InChI is InChI=1S/C24H27ClN6O3S2.3H2/c1-16(31-11-2-3-17-13-18(25)4-9-22(17)31)23(32)28-19-10-12-30(14-19)20-5-7-21(8-6-20)36(33,34)29-24-26-15-27-35-24;;;/h4-9,13,15-16,19H,2-3,10-12,14H2,1H3,(H,28,32)(H,26,27,29);3*1H/t16-,19+;;;/m0.../s1. The molecule has 0 bridgehead atoms. The summed E-state index contributed by atoms with van der Waals surface area (Å²) in [6.45, 7) is 4.23. The molecule has 2 aromatic carbocycles. The number of amides is 1. The van der Waals surface area contributed by atoms with E-state index in [1.807, 2.05) is 25.1 Å². The number of halogens is 1. The van der Waals surface area contributed by atoms with Crippen LogP contribution in [0.5, 0.6) is 0 Å². The molecule has 2 aliphatic heterocycles. The first-order chi connectivity index (χ1) is 17.3. The summed E-state index contributed by atoms with van der Waals surface area (Å²) in [5.41, 5.74) is 3.18. The van der Waals surface area contributed by atoms with Gasteiger partial charge in [0.25, 0.3) is 10.0 Å². The number of aryl methyl sites for hydroxylation is 1. The van der Waals surface area contributed by atoms with Crippen molar-refractivity contribution in [3.05, 3.63) is 59.4 Å². The molecule has 1 amide bonds. The number of carbonyl (C=O) groups is 1. The van der Waals surface area contributed by atoms with E-state index in [-0.39, 0.29) is 32.3 Å². The molecule has 0 spiro atoms. The number of nitrogens with one attached hydrogen (secondary N) is 2. The Bertz CT molecular complexity index is 1350. The van der Waals surface area contributed by atoms with Crippen LogP contribution in [-0.2, 0) is 21.2 Å². The predicted molar refractivity (Wildman–Crippen MR) is 149 cm³/mol. The number of nitrogens with zero attached hydrogens (tertiary/aromatic N) is 4. The number of rotatable bonds is 7. The molecule has 0 aliphatic carbocycles. The lowest BCUT2D eigenvalue weighted by Crippen LogP contribution is -2.50. The van der Waals surface area contributed by atoms with Gasteiger partial charge in [-0.2, -0.15) is 4.37 Å². The number of anilines is 3. The van der Waals surface area contributed by atoms with Gasteiger partial charge in [0.15, 0.2) is 0 Å². The van der Waals surface area contributed by atoms with Crippen LogP contribution in [0.3, 0.4) is 0 Å². The summed E-state index contributed by atoms with van der Waals surface area (Å²) in [7, 11) is -3.72. The first-order valence-corrected chi connectivity index (χ1v) is 14.4. The van der Waals surface area contributed by atoms with E-state index in [0.717, 1.165) is 60.3 Å². The van der Waals surface area contributed by atoms with Gasteiger partial charge >= 0.3 is 0 Å². The summed E-state index contributed by atoms with van der Waals surface area (Å²) in [4.78, 5) is 21.5. The summed E-state index contributed by atoms with van der Waals surface area (Å²) in [6, 6.07) is 12.3. The second kappa shape index (κ2) is 10.2. The molecule has 1 aromatic heterocycles. The summed E-state index contributed by atoms with van der Waals surface area (Å²) >= 11 is 7.14. The molecular weight excluding hydrogens is 520 g/mol. The van der Waals surface area contributed by atoms with E-state index >= 15 is 0 Å². The molecule has 12 heteroatoms. The van der Waals surface area contributed by atoms with Gasteiger partial charge in [0.2, 0.25) is 11.0 Å². The van der Waals surface area contributed by atoms with E-state index < -0.39 is 10.0 Å². The Hall–Kier alpha value is -2.89. The molecule has 0 unspecified atom stereocenters. The minimum atomic E-state index is -3.72. The Balaban J connectivity index is 0.00000178. The van der Waals surface area contributed by atoms with Crippen molar-refractivity contribution in [2.45, 2.75) is 43.2 Å². The highest BCUT2D eigenvalue weighted by molar-refractivity contribution is 7.93. The fourth-order valence-electron chi connectivity index (χ4n) is 4.80. The Morgan fingerprint density at radius 1 is 1.22 bits per heavy atom. The molecule has 36 heavy (non-hydrogen) atoms. The van der Waals surface area contributed by atoms with Crippen molar-refractivity contribution in [3.8, 4) is 0 Å². The van der Waals surface area contributed by atoms with Gasteiger partial charge in [0.1, 0.15) is 12.4 Å². The number of sulfonamides is 1. The molecule has 2 N–H and O–H groups in total. The maximum absolute atomic E-state index is 13.1. The maximum atomic E-state index is 13.1. The van der Waals surface area contributed by atoms with Gasteiger partial charge in [-0.15, -0.1) is 0 Å². The summed E-state index contributed by atoms with van der Waals surface area (Å²) in [5.74, 6) is 0.00819. The van der Waals surface area contributed by atoms with Crippen molar-refractivity contribution >= 4 is 55.6 Å². The first-order valence-electron chi connectivity index (χ1n) is 11.8. The number of fused-ring (bicyclic) bond motifs is 1. The second-order valence-corrected chi connectivity index (χ2v) is 11.9. The molecule has 2 aliphatic rings. The molecule has 2 atom stereocenters. The van der Waals surface area contributed by atoms with Crippen LogP contribution in [0.15, 0.2) is 53.7 Å². The van der Waals surface area contributed by atoms with E-state index in [2.05, 4.69) is 29.2 Å². The third kappa shape index (κ3) is 5.28. The molecule has 9 nitrogen and oxygen atoms in total. The van der Waals surface area contributed by atoms with Gasteiger partial charge in [0.05, 0.1) is 4.90 Å². The first kappa shape index (κ1) is 24.8. The molecule has 0 saturated carbocycles. The zero-order valence-electron chi connectivity index (χ0n) is 19.7. The minimum absolute atomic E-state index is 0. The Labute approximate surface area is 224 Å². The lowest BCUT2D eigenvalue weighted by molar-refractivity contribution is -0.122. The molecule has 3 aromatic rings. The van der Waals surface area contributed by atoms with Gasteiger partial charge in [-0.25, -0.2) is 13.4 Å². The number of hydrogen-bond acceptors (Lipinski definition) is 8. The predicted octanol–water partition coefficient (Wildman–Crippen LogP) is 4.27. The molecular formula is C24H33ClN6O3S2. The van der Waals surface area contributed by atoms with E-state index in [1.165, 1.54) is 11.9 Å². The van der Waals surface area contributed by atoms with Crippen molar-refractivity contribution in [2.75, 3.05) is 34.2 Å². The second-order valence-electron chi connectivity index (χ2n) is 9.03. The van der Waals surface area contributed by atoms with Gasteiger partial charge in [-0.1, -0.05) is 11.6 Å². The lowest BCUT2D eigenvalue weighted by atomic mass is 10.00. The highest BCUT2D eigenvalue weighted by atomic mass is 35.5. The Kier molecular flexibility index (Phi) is 7.05. The van der Waals surface area contributed by atoms with Gasteiger partial charge in [-0.05, 0) is 74.2 Å². The van der Waals surface area contributed by atoms with Gasteiger partial charge in [0, 0.05) is 57.9 Å². The normalized spacial score (nSPS) is 18.6. The maximum Gasteiger partial charge on any atom is 0.263 e. The van der Waals surface area contributed by atoms with Crippen LogP contribution in [0.4, 0.5) is 16.5 Å². The molecule has 5 rings (SSSR count). The van der Waals surface area contributed by atoms with Crippen LogP contribution in [0, 0.1) is 0 Å². The Morgan fingerprint density at radius 3 is 2.78 bits per heavy atom. The van der Waals surface area contributed by atoms with Gasteiger partial charge in [-0.3, -0.25) is 9.52 Å². The fourth-order valence-corrected chi connectivity index (χ4v) is 6.66. The number of benzene rings is 2. The van der Waals surface area contributed by atoms with Crippen LogP contribution in [-0.4, -0.2) is 55.4 Å². The van der Waals surface area contributed by atoms with E-state index in [9.17, 15) is 13.2 Å². The minimum Gasteiger partial charge on any atom is -0.369 e. The third-order valence-electron chi connectivity index (χ3n) is 6.67. The summed E-state index contributed by atoms with van der Waals surface area (Å²) in [5, 5.41) is 4.16. The van der Waals surface area contributed by atoms with Crippen molar-refractivity contribution < 1.29 is 17.5 Å². The number of hydrogen-bond donors (Lipinski definition) is 2. The zero-order valence-corrected chi connectivity index (χ0v) is 22.1. The molecule has 3 heterocycles. The largest absolute Gasteiger partial charge is 0.369 e. The lowest BCUT2D eigenvalue weighted by Gasteiger charge is -2.36. The highest BCUT2D eigenvalue weighted by Gasteiger charge is 2.30. The quantitative estimate of drug-likeness (QED) is 0.451. The van der Waals surface area contributed by atoms with Crippen LogP contribution in [0.25, 0.3) is 0 Å². The highest BCUT2D eigenvalue weighted by Crippen LogP contribution is 2.31. The van der Waals surface area contributed by atoms with Crippen molar-refractivity contribution in [3.63, 3.8) is 0 Å². The monoisotopic (exact) mass is 552 g/mol. The number of aromatic nitrogens is 2.